The molecule has 3 aromatic rings. The van der Waals surface area contributed by atoms with E-state index in [1.165, 1.54) is 19.1 Å². The highest BCUT2D eigenvalue weighted by atomic mass is 79.9. The minimum absolute atomic E-state index is 0.0922. The maximum absolute atomic E-state index is 12.6. The molecule has 3 aromatic carbocycles. The van der Waals surface area contributed by atoms with E-state index in [0.717, 1.165) is 22.3 Å². The van der Waals surface area contributed by atoms with E-state index in [2.05, 4.69) is 38.7 Å². The topological polar surface area (TPSA) is 125 Å². The van der Waals surface area contributed by atoms with Crippen molar-refractivity contribution >= 4 is 39.6 Å². The van der Waals surface area contributed by atoms with Gasteiger partial charge in [-0.1, -0.05) is 64.5 Å². The highest BCUT2D eigenvalue weighted by Gasteiger charge is 2.29. The Morgan fingerprint density at radius 2 is 1.60 bits per heavy atom. The minimum atomic E-state index is -1.47. The van der Waals surface area contributed by atoms with Gasteiger partial charge in [0, 0.05) is 21.6 Å². The van der Waals surface area contributed by atoms with E-state index in [-0.39, 0.29) is 23.8 Å². The molecule has 0 radical (unpaired) electrons. The van der Waals surface area contributed by atoms with Gasteiger partial charge < -0.3 is 20.3 Å². The van der Waals surface area contributed by atoms with Gasteiger partial charge in [-0.3, -0.25) is 10.1 Å². The number of amides is 2. The van der Waals surface area contributed by atoms with Gasteiger partial charge in [-0.25, -0.2) is 9.59 Å². The Bertz CT molecular complexity index is 1250. The molecule has 0 saturated carbocycles. The number of benzene rings is 3. The van der Waals surface area contributed by atoms with Crippen molar-refractivity contribution in [2.75, 3.05) is 11.9 Å². The van der Waals surface area contributed by atoms with Crippen molar-refractivity contribution < 1.29 is 29.3 Å². The smallest absolute Gasteiger partial charge is 0.411 e. The molecule has 8 nitrogen and oxygen atoms in total. The molecule has 35 heavy (non-hydrogen) atoms. The number of hydrogen-bond donors (Lipinski definition) is 4. The second kappa shape index (κ2) is 10.3. The first-order chi connectivity index (χ1) is 16.7. The van der Waals surface area contributed by atoms with Crippen LogP contribution in [-0.4, -0.2) is 46.9 Å². The van der Waals surface area contributed by atoms with E-state index in [1.54, 1.807) is 6.07 Å². The molecule has 1 aliphatic rings. The summed E-state index contributed by atoms with van der Waals surface area (Å²) < 4.78 is 6.02. The third-order valence-corrected chi connectivity index (χ3v) is 6.24. The van der Waals surface area contributed by atoms with E-state index >= 15 is 0 Å². The van der Waals surface area contributed by atoms with Crippen LogP contribution in [0.3, 0.4) is 0 Å². The number of hydrogen-bond acceptors (Lipinski definition) is 5. The van der Waals surface area contributed by atoms with Gasteiger partial charge in [0.1, 0.15) is 6.61 Å². The maximum Gasteiger partial charge on any atom is 0.411 e. The van der Waals surface area contributed by atoms with Gasteiger partial charge in [0.05, 0.1) is 6.10 Å². The zero-order chi connectivity index (χ0) is 25.1. The molecule has 0 spiro atoms. The van der Waals surface area contributed by atoms with Gasteiger partial charge >= 0.3 is 12.1 Å². The van der Waals surface area contributed by atoms with Gasteiger partial charge in [0.2, 0.25) is 0 Å². The standard InChI is InChI=1S/C26H23BrN2O6/c1-14(30)23(25(32)33)29-24(31)15-10-16(27)12-17(11-15)28-26(34)35-13-22-20-8-4-2-6-18(20)19-7-3-5-9-21(19)22/h2-12,14,22-23,30H,13H2,1H3,(H,28,34)(H,29,31)(H,32,33)/t14-,23+/m1/s1. The molecule has 4 rings (SSSR count). The van der Waals surface area contributed by atoms with Crippen LogP contribution in [0.25, 0.3) is 11.1 Å². The lowest BCUT2D eigenvalue weighted by atomic mass is 9.98. The average molecular weight is 539 g/mol. The number of fused-ring (bicyclic) bond motifs is 3. The summed E-state index contributed by atoms with van der Waals surface area (Å²) in [6.45, 7) is 1.40. The summed E-state index contributed by atoms with van der Waals surface area (Å²) in [6, 6.07) is 19.0. The molecule has 0 bridgehead atoms. The lowest BCUT2D eigenvalue weighted by Gasteiger charge is -2.17. The second-order valence-corrected chi connectivity index (χ2v) is 9.12. The summed E-state index contributed by atoms with van der Waals surface area (Å²) in [5, 5.41) is 23.7. The van der Waals surface area contributed by atoms with Crippen LogP contribution in [0.5, 0.6) is 0 Å². The van der Waals surface area contributed by atoms with Crippen molar-refractivity contribution in [2.24, 2.45) is 0 Å². The van der Waals surface area contributed by atoms with Crippen LogP contribution in [0, 0.1) is 0 Å². The van der Waals surface area contributed by atoms with Crippen LogP contribution >= 0.6 is 15.9 Å². The van der Waals surface area contributed by atoms with Crippen LogP contribution in [0.1, 0.15) is 34.3 Å². The molecule has 0 unspecified atom stereocenters. The van der Waals surface area contributed by atoms with E-state index in [1.807, 2.05) is 36.4 Å². The lowest BCUT2D eigenvalue weighted by molar-refractivity contribution is -0.141. The minimum Gasteiger partial charge on any atom is -0.480 e. The average Bonchev–Trinajstić information content (AvgIpc) is 3.14. The zero-order valence-electron chi connectivity index (χ0n) is 18.7. The molecule has 1 aliphatic carbocycles. The summed E-state index contributed by atoms with van der Waals surface area (Å²) in [6.07, 6.45) is -1.98. The number of aliphatic carboxylic acids is 1. The quantitative estimate of drug-likeness (QED) is 0.354. The van der Waals surface area contributed by atoms with Gasteiger partial charge in [-0.2, -0.15) is 0 Å². The fraction of sp³-hybridized carbons (Fsp3) is 0.192. The molecule has 9 heteroatoms. The second-order valence-electron chi connectivity index (χ2n) is 8.21. The van der Waals surface area contributed by atoms with E-state index in [9.17, 15) is 24.6 Å². The molecule has 0 aliphatic heterocycles. The number of aliphatic hydroxyl groups is 1. The van der Waals surface area contributed by atoms with Gasteiger partial charge in [0.25, 0.3) is 5.91 Å². The number of carboxylic acids is 1. The number of anilines is 1. The first-order valence-corrected chi connectivity index (χ1v) is 11.7. The first-order valence-electron chi connectivity index (χ1n) is 10.9. The number of halogens is 1. The van der Waals surface area contributed by atoms with Crippen molar-refractivity contribution in [1.29, 1.82) is 0 Å². The Balaban J connectivity index is 1.44. The van der Waals surface area contributed by atoms with Crippen LogP contribution < -0.4 is 10.6 Å². The summed E-state index contributed by atoms with van der Waals surface area (Å²) >= 11 is 3.29. The highest BCUT2D eigenvalue weighted by Crippen LogP contribution is 2.44. The van der Waals surface area contributed by atoms with Crippen LogP contribution in [0.15, 0.2) is 71.2 Å². The molecule has 0 heterocycles. The molecule has 2 amide bonds. The molecule has 180 valence electrons. The summed E-state index contributed by atoms with van der Waals surface area (Å²) in [5.74, 6) is -2.17. The van der Waals surface area contributed by atoms with Crippen LogP contribution in [0.4, 0.5) is 10.5 Å². The molecule has 4 N–H and O–H groups in total. The van der Waals surface area contributed by atoms with E-state index in [4.69, 9.17) is 4.74 Å². The molecule has 2 atom stereocenters. The van der Waals surface area contributed by atoms with Gasteiger partial charge in [0.15, 0.2) is 6.04 Å². The zero-order valence-corrected chi connectivity index (χ0v) is 20.3. The van der Waals surface area contributed by atoms with Crippen molar-refractivity contribution in [1.82, 2.24) is 5.32 Å². The number of aliphatic hydroxyl groups excluding tert-OH is 1. The molecule has 0 aromatic heterocycles. The van der Waals surface area contributed by atoms with Crippen molar-refractivity contribution in [3.63, 3.8) is 0 Å². The van der Waals surface area contributed by atoms with E-state index < -0.39 is 30.1 Å². The number of carbonyl (C=O) groups excluding carboxylic acids is 2. The number of carbonyl (C=O) groups is 3. The lowest BCUT2D eigenvalue weighted by Crippen LogP contribution is -2.47. The third-order valence-electron chi connectivity index (χ3n) is 5.79. The number of rotatable bonds is 7. The van der Waals surface area contributed by atoms with Crippen LogP contribution in [-0.2, 0) is 9.53 Å². The fourth-order valence-electron chi connectivity index (χ4n) is 4.16. The van der Waals surface area contributed by atoms with Gasteiger partial charge in [-0.05, 0) is 47.4 Å². The number of ether oxygens (including phenoxy) is 1. The first kappa shape index (κ1) is 24.4. The monoisotopic (exact) mass is 538 g/mol. The Morgan fingerprint density at radius 1 is 1.00 bits per heavy atom. The van der Waals surface area contributed by atoms with Crippen LogP contribution in [0.2, 0.25) is 0 Å². The summed E-state index contributed by atoms with van der Waals surface area (Å²) in [4.78, 5) is 36.4. The maximum atomic E-state index is 12.6. The summed E-state index contributed by atoms with van der Waals surface area (Å²) in [7, 11) is 0. The van der Waals surface area contributed by atoms with Crippen molar-refractivity contribution in [2.45, 2.75) is 25.0 Å². The Hall–Kier alpha value is -3.69. The molecule has 0 saturated heterocycles. The SMILES string of the molecule is C[C@@H](O)[C@H](NC(=O)c1cc(Br)cc(NC(=O)OCC2c3ccccc3-c3ccccc32)c1)C(=O)O. The third kappa shape index (κ3) is 5.36. The number of nitrogens with one attached hydrogen (secondary N) is 2. The predicted molar refractivity (Wildman–Crippen MR) is 133 cm³/mol. The normalized spacial score (nSPS) is 13.8. The van der Waals surface area contributed by atoms with Gasteiger partial charge in [-0.15, -0.1) is 0 Å². The van der Waals surface area contributed by atoms with E-state index in [0.29, 0.717) is 4.47 Å². The molecular formula is C26H23BrN2O6. The Kier molecular flexibility index (Phi) is 7.18. The number of carboxylic acid groups (broad SMARTS) is 1. The predicted octanol–water partition coefficient (Wildman–Crippen LogP) is 4.37. The van der Waals surface area contributed by atoms with Crippen molar-refractivity contribution in [3.05, 3.63) is 87.9 Å². The highest BCUT2D eigenvalue weighted by molar-refractivity contribution is 9.10. The largest absolute Gasteiger partial charge is 0.480 e. The van der Waals surface area contributed by atoms with Crippen molar-refractivity contribution in [3.8, 4) is 11.1 Å². The fourth-order valence-corrected chi connectivity index (χ4v) is 4.65. The molecule has 0 fully saturated rings. The molecular weight excluding hydrogens is 516 g/mol. The summed E-state index contributed by atoms with van der Waals surface area (Å²) in [5.41, 5.74) is 4.81. The Labute approximate surface area is 210 Å². The Morgan fingerprint density at radius 3 is 2.17 bits per heavy atom.